The van der Waals surface area contributed by atoms with Crippen molar-refractivity contribution >= 4 is 41.8 Å². The van der Waals surface area contributed by atoms with Crippen LogP contribution in [0.2, 0.25) is 0 Å². The molecular formula is C18H36IN5O2. The predicted molar refractivity (Wildman–Crippen MR) is 117 cm³/mol. The van der Waals surface area contributed by atoms with Crippen LogP contribution < -0.4 is 16.0 Å². The zero-order valence-electron chi connectivity index (χ0n) is 16.5. The third-order valence-electron chi connectivity index (χ3n) is 4.44. The van der Waals surface area contributed by atoms with Gasteiger partial charge in [-0.05, 0) is 33.6 Å². The Hall–Kier alpha value is -1.06. The van der Waals surface area contributed by atoms with Crippen molar-refractivity contribution in [1.82, 2.24) is 20.9 Å². The van der Waals surface area contributed by atoms with E-state index in [-0.39, 0.29) is 42.3 Å². The van der Waals surface area contributed by atoms with Crippen LogP contribution in [0.5, 0.6) is 0 Å². The first-order valence-electron chi connectivity index (χ1n) is 9.69. The summed E-state index contributed by atoms with van der Waals surface area (Å²) >= 11 is 0. The average molecular weight is 481 g/mol. The van der Waals surface area contributed by atoms with E-state index < -0.39 is 0 Å². The number of carbonyl (C=O) groups excluding carboxylic acids is 2. The van der Waals surface area contributed by atoms with Crippen LogP contribution in [-0.2, 0) is 9.59 Å². The fraction of sp³-hybridized carbons (Fsp3) is 0.833. The monoisotopic (exact) mass is 481 g/mol. The molecular weight excluding hydrogens is 445 g/mol. The number of amides is 2. The Kier molecular flexibility index (Phi) is 14.4. The van der Waals surface area contributed by atoms with Gasteiger partial charge in [0.05, 0.1) is 0 Å². The second kappa shape index (κ2) is 15.0. The molecule has 0 unspecified atom stereocenters. The first-order chi connectivity index (χ1) is 12.1. The molecule has 7 nitrogen and oxygen atoms in total. The lowest BCUT2D eigenvalue weighted by Gasteiger charge is -2.22. The molecule has 3 N–H and O–H groups in total. The van der Waals surface area contributed by atoms with E-state index in [1.165, 1.54) is 19.3 Å². The van der Waals surface area contributed by atoms with E-state index >= 15 is 0 Å². The molecule has 1 aliphatic carbocycles. The van der Waals surface area contributed by atoms with Crippen molar-refractivity contribution in [3.8, 4) is 0 Å². The third-order valence-corrected chi connectivity index (χ3v) is 4.44. The minimum atomic E-state index is -0.0386. The first kappa shape index (κ1) is 24.9. The van der Waals surface area contributed by atoms with Crippen molar-refractivity contribution in [2.75, 3.05) is 32.7 Å². The molecule has 0 aromatic carbocycles. The van der Waals surface area contributed by atoms with Crippen LogP contribution in [0, 0.1) is 0 Å². The van der Waals surface area contributed by atoms with Gasteiger partial charge < -0.3 is 20.9 Å². The highest BCUT2D eigenvalue weighted by Gasteiger charge is 2.15. The third kappa shape index (κ3) is 10.2. The molecule has 0 bridgehead atoms. The van der Waals surface area contributed by atoms with Gasteiger partial charge in [0.1, 0.15) is 6.54 Å². The van der Waals surface area contributed by atoms with Gasteiger partial charge in [0, 0.05) is 38.6 Å². The van der Waals surface area contributed by atoms with E-state index in [2.05, 4.69) is 20.9 Å². The summed E-state index contributed by atoms with van der Waals surface area (Å²) in [5.41, 5.74) is 0. The highest BCUT2D eigenvalue weighted by Crippen LogP contribution is 2.17. The van der Waals surface area contributed by atoms with Crippen LogP contribution in [-0.4, -0.2) is 61.4 Å². The molecule has 1 rings (SSSR count). The van der Waals surface area contributed by atoms with Crippen molar-refractivity contribution in [2.45, 2.75) is 65.3 Å². The molecule has 152 valence electrons. The Morgan fingerprint density at radius 3 is 2.27 bits per heavy atom. The van der Waals surface area contributed by atoms with Gasteiger partial charge in [0.2, 0.25) is 11.8 Å². The number of hydrogen-bond acceptors (Lipinski definition) is 3. The number of hydrogen-bond donors (Lipinski definition) is 3. The van der Waals surface area contributed by atoms with Crippen molar-refractivity contribution in [3.63, 3.8) is 0 Å². The maximum atomic E-state index is 12.0. The van der Waals surface area contributed by atoms with Crippen LogP contribution >= 0.6 is 24.0 Å². The van der Waals surface area contributed by atoms with Gasteiger partial charge in [-0.25, -0.2) is 4.99 Å². The van der Waals surface area contributed by atoms with Crippen LogP contribution in [0.25, 0.3) is 0 Å². The maximum Gasteiger partial charge on any atom is 0.242 e. The van der Waals surface area contributed by atoms with Crippen LogP contribution in [0.3, 0.4) is 0 Å². The number of guanidine groups is 1. The predicted octanol–water partition coefficient (Wildman–Crippen LogP) is 1.87. The van der Waals surface area contributed by atoms with E-state index in [1.807, 2.05) is 25.7 Å². The van der Waals surface area contributed by atoms with Crippen molar-refractivity contribution < 1.29 is 9.59 Å². The minimum absolute atomic E-state index is 0. The fourth-order valence-electron chi connectivity index (χ4n) is 3.04. The number of nitrogens with zero attached hydrogens (tertiary/aromatic N) is 2. The number of rotatable bonds is 9. The lowest BCUT2D eigenvalue weighted by Crippen LogP contribution is -2.42. The topological polar surface area (TPSA) is 85.8 Å². The number of halogens is 1. The highest BCUT2D eigenvalue weighted by atomic mass is 127. The van der Waals surface area contributed by atoms with Crippen LogP contribution in [0.4, 0.5) is 0 Å². The quantitative estimate of drug-likeness (QED) is 0.267. The molecule has 0 atom stereocenters. The van der Waals surface area contributed by atoms with Crippen LogP contribution in [0.15, 0.2) is 4.99 Å². The fourth-order valence-corrected chi connectivity index (χ4v) is 3.04. The molecule has 26 heavy (non-hydrogen) atoms. The molecule has 1 fully saturated rings. The van der Waals surface area contributed by atoms with E-state index in [4.69, 9.17) is 0 Å². The maximum absolute atomic E-state index is 12.0. The van der Waals surface area contributed by atoms with Gasteiger partial charge in [-0.1, -0.05) is 19.3 Å². The molecule has 0 aromatic rings. The summed E-state index contributed by atoms with van der Waals surface area (Å²) in [6, 6.07) is 0.304. The summed E-state index contributed by atoms with van der Waals surface area (Å²) in [4.78, 5) is 30.2. The van der Waals surface area contributed by atoms with Crippen molar-refractivity contribution in [3.05, 3.63) is 0 Å². The molecule has 0 heterocycles. The lowest BCUT2D eigenvalue weighted by atomic mass is 9.95. The summed E-state index contributed by atoms with van der Waals surface area (Å²) in [6.45, 7) is 8.70. The summed E-state index contributed by atoms with van der Waals surface area (Å²) in [5.74, 6) is 0.667. The lowest BCUT2D eigenvalue weighted by molar-refractivity contribution is -0.130. The largest absolute Gasteiger partial charge is 0.357 e. The van der Waals surface area contributed by atoms with Crippen molar-refractivity contribution in [1.29, 1.82) is 0 Å². The van der Waals surface area contributed by atoms with E-state index in [0.717, 1.165) is 25.9 Å². The summed E-state index contributed by atoms with van der Waals surface area (Å²) < 4.78 is 0. The van der Waals surface area contributed by atoms with Gasteiger partial charge >= 0.3 is 0 Å². The summed E-state index contributed by atoms with van der Waals surface area (Å²) in [7, 11) is 0. The molecule has 0 saturated heterocycles. The van der Waals surface area contributed by atoms with E-state index in [1.54, 1.807) is 0 Å². The number of nitrogens with one attached hydrogen (secondary N) is 3. The van der Waals surface area contributed by atoms with Gasteiger partial charge in [-0.15, -0.1) is 24.0 Å². The molecule has 1 aliphatic rings. The molecule has 8 heteroatoms. The summed E-state index contributed by atoms with van der Waals surface area (Å²) in [6.07, 6.45) is 6.21. The SMILES string of the molecule is CCNC(=NCC(=O)NC1CCCCC1)NCCC(=O)N(CC)CC.I. The molecule has 0 aliphatic heterocycles. The van der Waals surface area contributed by atoms with Crippen LogP contribution in [0.1, 0.15) is 59.3 Å². The van der Waals surface area contributed by atoms with Crippen molar-refractivity contribution in [2.24, 2.45) is 4.99 Å². The molecule has 1 saturated carbocycles. The van der Waals surface area contributed by atoms with Gasteiger partial charge in [-0.2, -0.15) is 0 Å². The standard InChI is InChI=1S/C18H35N5O2.HI/c1-4-19-18(20-13-12-17(25)23(5-2)6-3)21-14-16(24)22-15-10-8-7-9-11-15;/h15H,4-14H2,1-3H3,(H,22,24)(H2,19,20,21);1H. The first-order valence-corrected chi connectivity index (χ1v) is 9.69. The Morgan fingerprint density at radius 2 is 1.69 bits per heavy atom. The number of aliphatic imine (C=N–C) groups is 1. The van der Waals surface area contributed by atoms with Gasteiger partial charge in [0.25, 0.3) is 0 Å². The zero-order chi connectivity index (χ0) is 18.5. The van der Waals surface area contributed by atoms with E-state index in [0.29, 0.717) is 31.5 Å². The Balaban J connectivity index is 0.00000625. The second-order valence-electron chi connectivity index (χ2n) is 6.34. The Morgan fingerprint density at radius 1 is 1.04 bits per heavy atom. The minimum Gasteiger partial charge on any atom is -0.357 e. The molecule has 0 radical (unpaired) electrons. The Bertz CT molecular complexity index is 435. The molecule has 0 spiro atoms. The smallest absolute Gasteiger partial charge is 0.242 e. The normalized spacial score (nSPS) is 15.0. The molecule has 0 aromatic heterocycles. The summed E-state index contributed by atoms with van der Waals surface area (Å²) in [5, 5.41) is 9.29. The van der Waals surface area contributed by atoms with E-state index in [9.17, 15) is 9.59 Å². The van der Waals surface area contributed by atoms with Gasteiger partial charge in [-0.3, -0.25) is 9.59 Å². The highest BCUT2D eigenvalue weighted by molar-refractivity contribution is 14.0. The molecule has 2 amide bonds. The number of carbonyl (C=O) groups is 2. The second-order valence-corrected chi connectivity index (χ2v) is 6.34. The van der Waals surface area contributed by atoms with Gasteiger partial charge in [0.15, 0.2) is 5.96 Å². The average Bonchev–Trinajstić information content (AvgIpc) is 2.61. The zero-order valence-corrected chi connectivity index (χ0v) is 18.8. The Labute approximate surface area is 175 Å².